The Morgan fingerprint density at radius 1 is 0.829 bits per heavy atom. The third kappa shape index (κ3) is 5.06. The van der Waals surface area contributed by atoms with E-state index < -0.39 is 12.1 Å². The molecule has 41 heavy (non-hydrogen) atoms. The van der Waals surface area contributed by atoms with E-state index in [2.05, 4.69) is 0 Å². The lowest BCUT2D eigenvalue weighted by Gasteiger charge is -2.24. The van der Waals surface area contributed by atoms with Gasteiger partial charge in [-0.2, -0.15) is 4.57 Å². The zero-order valence-electron chi connectivity index (χ0n) is 21.6. The van der Waals surface area contributed by atoms with Gasteiger partial charge in [0.25, 0.3) is 0 Å². The van der Waals surface area contributed by atoms with E-state index in [0.29, 0.717) is 33.2 Å². The van der Waals surface area contributed by atoms with Crippen molar-refractivity contribution in [1.29, 1.82) is 0 Å². The number of aromatic nitrogens is 1. The molecule has 200 valence electrons. The van der Waals surface area contributed by atoms with E-state index in [1.807, 2.05) is 54.6 Å². The fourth-order valence-electron chi connectivity index (χ4n) is 4.89. The highest BCUT2D eigenvalue weighted by molar-refractivity contribution is 6.32. The number of benzene rings is 4. The second kappa shape index (κ2) is 10.7. The van der Waals surface area contributed by atoms with E-state index in [1.165, 1.54) is 16.8 Å². The van der Waals surface area contributed by atoms with Gasteiger partial charge in [0, 0.05) is 27.9 Å². The first-order valence-corrected chi connectivity index (χ1v) is 13.2. The largest absolute Gasteiger partial charge is 0.508 e. The zero-order chi connectivity index (χ0) is 28.5. The molecule has 0 saturated heterocycles. The molecule has 8 heteroatoms. The van der Waals surface area contributed by atoms with Crippen LogP contribution in [0.25, 0.3) is 11.1 Å². The number of carboxylic acid groups (broad SMARTS) is 1. The highest BCUT2D eigenvalue weighted by Crippen LogP contribution is 2.37. The molecule has 1 amide bonds. The van der Waals surface area contributed by atoms with E-state index in [0.717, 1.165) is 11.1 Å². The normalized spacial score (nSPS) is 14.7. The fourth-order valence-corrected chi connectivity index (χ4v) is 5.06. The second-order valence-corrected chi connectivity index (χ2v) is 9.93. The summed E-state index contributed by atoms with van der Waals surface area (Å²) in [6.07, 6.45) is 1.87. The van der Waals surface area contributed by atoms with E-state index in [-0.39, 0.29) is 17.2 Å². The molecule has 1 unspecified atom stereocenters. The molecule has 5 aromatic rings. The van der Waals surface area contributed by atoms with Crippen LogP contribution in [-0.4, -0.2) is 27.8 Å². The first-order valence-electron chi connectivity index (χ1n) is 12.8. The number of hydrogen-bond acceptors (Lipinski definition) is 4. The van der Waals surface area contributed by atoms with Gasteiger partial charge in [0.1, 0.15) is 11.3 Å². The van der Waals surface area contributed by atoms with Crippen LogP contribution in [-0.2, 0) is 4.79 Å². The van der Waals surface area contributed by atoms with E-state index in [1.54, 1.807) is 59.6 Å². The minimum atomic E-state index is -1.14. The smallest absolute Gasteiger partial charge is 0.341 e. The molecular weight excluding hydrogens is 538 g/mol. The van der Waals surface area contributed by atoms with Crippen molar-refractivity contribution in [2.45, 2.75) is 6.17 Å². The summed E-state index contributed by atoms with van der Waals surface area (Å²) >= 11 is 6.47. The number of nitrogens with zero attached hydrogens (tertiary/aromatic N) is 3. The number of aromatic hydroxyl groups is 1. The molecule has 0 saturated carbocycles. The predicted molar refractivity (Wildman–Crippen MR) is 157 cm³/mol. The minimum Gasteiger partial charge on any atom is -0.508 e. The van der Waals surface area contributed by atoms with Crippen LogP contribution in [0.5, 0.6) is 5.75 Å². The van der Waals surface area contributed by atoms with Crippen molar-refractivity contribution < 1.29 is 24.4 Å². The van der Waals surface area contributed by atoms with Gasteiger partial charge in [-0.15, -0.1) is 0 Å². The lowest BCUT2D eigenvalue weighted by Crippen LogP contribution is -2.47. The summed E-state index contributed by atoms with van der Waals surface area (Å²) in [6, 6.07) is 32.4. The SMILES string of the molecule is O=C(O)c1ccc[n+](C2N=C(c3ccc(O)cc3)c3cc(Cl)ccc3N(c3ccc(-c4ccccc4)cc3)C2=O)c1. The molecule has 4 aromatic carbocycles. The van der Waals surface area contributed by atoms with Crippen LogP contribution in [0.4, 0.5) is 11.4 Å². The molecule has 0 radical (unpaired) electrons. The lowest BCUT2D eigenvalue weighted by atomic mass is 9.99. The second-order valence-electron chi connectivity index (χ2n) is 9.49. The van der Waals surface area contributed by atoms with Crippen LogP contribution in [0.3, 0.4) is 0 Å². The maximum absolute atomic E-state index is 14.4. The third-order valence-electron chi connectivity index (χ3n) is 6.87. The number of benzodiazepines with no additional fused rings is 1. The van der Waals surface area contributed by atoms with Gasteiger partial charge in [0.2, 0.25) is 0 Å². The summed E-state index contributed by atoms with van der Waals surface area (Å²) in [5.74, 6) is -1.42. The van der Waals surface area contributed by atoms with Crippen molar-refractivity contribution in [3.05, 3.63) is 143 Å². The Kier molecular flexibility index (Phi) is 6.79. The van der Waals surface area contributed by atoms with Crippen molar-refractivity contribution >= 4 is 40.6 Å². The number of aromatic carboxylic acids is 1. The summed E-state index contributed by atoms with van der Waals surface area (Å²) in [5, 5.41) is 20.0. The Balaban J connectivity index is 1.56. The topological polar surface area (TPSA) is 94.1 Å². The van der Waals surface area contributed by atoms with Gasteiger partial charge in [-0.25, -0.2) is 9.79 Å². The van der Waals surface area contributed by atoms with Gasteiger partial charge in [0.05, 0.1) is 11.4 Å². The Hall–Kier alpha value is -5.27. The molecule has 0 bridgehead atoms. The summed E-state index contributed by atoms with van der Waals surface area (Å²) in [6.45, 7) is 0. The molecule has 1 aliphatic rings. The monoisotopic (exact) mass is 560 g/mol. The van der Waals surface area contributed by atoms with E-state index >= 15 is 0 Å². The zero-order valence-corrected chi connectivity index (χ0v) is 22.3. The molecule has 1 aliphatic heterocycles. The van der Waals surface area contributed by atoms with Crippen LogP contribution in [0.1, 0.15) is 27.7 Å². The molecule has 2 heterocycles. The first kappa shape index (κ1) is 26.0. The predicted octanol–water partition coefficient (Wildman–Crippen LogP) is 6.41. The number of rotatable bonds is 5. The molecule has 1 aromatic heterocycles. The molecule has 0 aliphatic carbocycles. The average Bonchev–Trinajstić information content (AvgIpc) is 3.12. The number of anilines is 2. The minimum absolute atomic E-state index is 0.0188. The summed E-state index contributed by atoms with van der Waals surface area (Å²) < 4.78 is 1.49. The molecule has 2 N–H and O–H groups in total. The number of carbonyl (C=O) groups excluding carboxylic acids is 1. The van der Waals surface area contributed by atoms with Gasteiger partial charge < -0.3 is 10.2 Å². The first-order chi connectivity index (χ1) is 19.9. The Labute approximate surface area is 240 Å². The average molecular weight is 561 g/mol. The molecule has 0 fully saturated rings. The Bertz CT molecular complexity index is 1800. The Morgan fingerprint density at radius 2 is 1.51 bits per heavy atom. The number of carboxylic acids is 1. The van der Waals surface area contributed by atoms with Crippen LogP contribution >= 0.6 is 11.6 Å². The highest BCUT2D eigenvalue weighted by Gasteiger charge is 2.39. The summed E-state index contributed by atoms with van der Waals surface area (Å²) in [4.78, 5) is 32.7. The van der Waals surface area contributed by atoms with Crippen LogP contribution in [0, 0.1) is 0 Å². The van der Waals surface area contributed by atoms with Crippen molar-refractivity contribution in [1.82, 2.24) is 0 Å². The number of amides is 1. The number of hydrogen-bond donors (Lipinski definition) is 2. The van der Waals surface area contributed by atoms with Crippen molar-refractivity contribution in [3.8, 4) is 16.9 Å². The van der Waals surface area contributed by atoms with E-state index in [9.17, 15) is 19.8 Å². The van der Waals surface area contributed by atoms with Crippen molar-refractivity contribution in [2.75, 3.05) is 4.90 Å². The highest BCUT2D eigenvalue weighted by atomic mass is 35.5. The number of aliphatic imine (C=N–C) groups is 1. The molecule has 6 rings (SSSR count). The van der Waals surface area contributed by atoms with Crippen LogP contribution in [0.15, 0.2) is 127 Å². The number of carbonyl (C=O) groups is 2. The fraction of sp³-hybridized carbons (Fsp3) is 0.0303. The maximum atomic E-state index is 14.4. The van der Waals surface area contributed by atoms with Crippen molar-refractivity contribution in [2.24, 2.45) is 4.99 Å². The van der Waals surface area contributed by atoms with Crippen LogP contribution < -0.4 is 9.47 Å². The van der Waals surface area contributed by atoms with Gasteiger partial charge in [-0.05, 0) is 71.8 Å². The van der Waals surface area contributed by atoms with Gasteiger partial charge in [0.15, 0.2) is 12.4 Å². The maximum Gasteiger partial charge on any atom is 0.341 e. The van der Waals surface area contributed by atoms with Gasteiger partial charge >= 0.3 is 18.0 Å². The third-order valence-corrected chi connectivity index (χ3v) is 7.11. The van der Waals surface area contributed by atoms with Gasteiger partial charge in [-0.1, -0.05) is 54.1 Å². The number of phenols is 1. The number of halogens is 1. The summed E-state index contributed by atoms with van der Waals surface area (Å²) in [5.41, 5.74) is 4.97. The Morgan fingerprint density at radius 3 is 2.22 bits per heavy atom. The number of fused-ring (bicyclic) bond motifs is 1. The summed E-state index contributed by atoms with van der Waals surface area (Å²) in [7, 11) is 0. The van der Waals surface area contributed by atoms with Crippen molar-refractivity contribution in [3.63, 3.8) is 0 Å². The molecular formula is C33H23ClN3O4+. The van der Waals surface area contributed by atoms with Gasteiger partial charge in [-0.3, -0.25) is 9.69 Å². The number of phenolic OH excluding ortho intramolecular Hbond substituents is 1. The van der Waals surface area contributed by atoms with Crippen LogP contribution in [0.2, 0.25) is 5.02 Å². The molecule has 0 spiro atoms. The van der Waals surface area contributed by atoms with E-state index in [4.69, 9.17) is 16.6 Å². The molecule has 7 nitrogen and oxygen atoms in total. The molecule has 1 atom stereocenters. The lowest BCUT2D eigenvalue weighted by molar-refractivity contribution is -0.707. The number of pyridine rings is 1. The quantitative estimate of drug-likeness (QED) is 0.243. The standard InChI is InChI=1S/C33H22ClN3O4/c34-25-12-17-29-28(19-25)30(23-10-15-27(38)16-11-23)35-31(36-18-4-7-24(20-36)33(40)41)32(39)37(29)26-13-8-22(9-14-26)21-5-2-1-3-6-21/h1-20,31H,(H-,35,38,40,41)/p+1.